The van der Waals surface area contributed by atoms with Crippen LogP contribution in [0.4, 0.5) is 0 Å². The molecule has 1 amide bonds. The summed E-state index contributed by atoms with van der Waals surface area (Å²) < 4.78 is 5.27. The predicted octanol–water partition coefficient (Wildman–Crippen LogP) is 2.81. The van der Waals surface area contributed by atoms with Gasteiger partial charge in [0.25, 0.3) is 0 Å². The maximum Gasteiger partial charge on any atom is 0.308 e. The van der Waals surface area contributed by atoms with Crippen molar-refractivity contribution in [1.29, 1.82) is 0 Å². The normalized spacial score (nSPS) is 27.3. The van der Waals surface area contributed by atoms with E-state index in [-0.39, 0.29) is 12.3 Å². The minimum absolute atomic E-state index is 0.156. The molecular weight excluding hydrogens is 322 g/mol. The van der Waals surface area contributed by atoms with Gasteiger partial charge in [0.1, 0.15) is 0 Å². The first-order chi connectivity index (χ1) is 12.0. The van der Waals surface area contributed by atoms with Crippen LogP contribution in [0.25, 0.3) is 0 Å². The lowest BCUT2D eigenvalue weighted by Gasteiger charge is -2.39. The number of aliphatic carboxylic acids is 1. The van der Waals surface area contributed by atoms with Gasteiger partial charge in [-0.05, 0) is 32.6 Å². The van der Waals surface area contributed by atoms with Crippen LogP contribution in [0.5, 0.6) is 0 Å². The number of hydrogen-bond acceptors (Lipinski definition) is 5. The van der Waals surface area contributed by atoms with Crippen LogP contribution >= 0.6 is 0 Å². The fraction of sp³-hybridized carbons (Fsp3) is 0.778. The summed E-state index contributed by atoms with van der Waals surface area (Å²) in [6.07, 6.45) is 8.39. The molecule has 0 aliphatic heterocycles. The lowest BCUT2D eigenvalue weighted by molar-refractivity contribution is -0.146. The molecular formula is C18H27N3O4. The van der Waals surface area contributed by atoms with Crippen LogP contribution in [-0.4, -0.2) is 32.7 Å². The third kappa shape index (κ3) is 4.19. The molecule has 1 aromatic rings. The van der Waals surface area contributed by atoms with Crippen molar-refractivity contribution >= 4 is 11.9 Å². The molecule has 25 heavy (non-hydrogen) atoms. The van der Waals surface area contributed by atoms with Gasteiger partial charge in [0.05, 0.1) is 11.5 Å². The van der Waals surface area contributed by atoms with Crippen LogP contribution in [-0.2, 0) is 16.0 Å². The van der Waals surface area contributed by atoms with E-state index in [4.69, 9.17) is 4.52 Å². The second-order valence-electron chi connectivity index (χ2n) is 7.63. The minimum Gasteiger partial charge on any atom is -0.481 e. The molecule has 7 nitrogen and oxygen atoms in total. The zero-order chi connectivity index (χ0) is 17.9. The number of aryl methyl sites for hydroxylation is 1. The average molecular weight is 349 g/mol. The predicted molar refractivity (Wildman–Crippen MR) is 90.0 cm³/mol. The monoisotopic (exact) mass is 349 g/mol. The lowest BCUT2D eigenvalue weighted by atomic mass is 9.74. The Labute approximate surface area is 147 Å². The summed E-state index contributed by atoms with van der Waals surface area (Å²) in [5.41, 5.74) is -0.676. The Morgan fingerprint density at radius 2 is 1.96 bits per heavy atom. The zero-order valence-corrected chi connectivity index (χ0v) is 14.8. The van der Waals surface area contributed by atoms with Crippen LogP contribution in [0, 0.1) is 5.92 Å². The Morgan fingerprint density at radius 1 is 1.24 bits per heavy atom. The molecule has 0 aromatic carbocycles. The SMILES string of the molecule is CC1(NC(=O)CCc2nc(C3CCCC3)no2)CCCCC1C(=O)O. The quantitative estimate of drug-likeness (QED) is 0.818. The molecule has 0 spiro atoms. The van der Waals surface area contributed by atoms with Crippen molar-refractivity contribution in [3.63, 3.8) is 0 Å². The van der Waals surface area contributed by atoms with Gasteiger partial charge in [0.2, 0.25) is 11.8 Å². The van der Waals surface area contributed by atoms with Gasteiger partial charge in [-0.2, -0.15) is 4.98 Å². The molecule has 0 radical (unpaired) electrons. The summed E-state index contributed by atoms with van der Waals surface area (Å²) >= 11 is 0. The van der Waals surface area contributed by atoms with Gasteiger partial charge in [-0.15, -0.1) is 0 Å². The average Bonchev–Trinajstić information content (AvgIpc) is 3.24. The third-order valence-corrected chi connectivity index (χ3v) is 5.70. The first kappa shape index (κ1) is 17.9. The molecule has 2 unspecified atom stereocenters. The highest BCUT2D eigenvalue weighted by molar-refractivity contribution is 5.79. The van der Waals surface area contributed by atoms with Crippen molar-refractivity contribution in [1.82, 2.24) is 15.5 Å². The fourth-order valence-electron chi connectivity index (χ4n) is 4.20. The van der Waals surface area contributed by atoms with Crippen LogP contribution in [0.2, 0.25) is 0 Å². The number of carbonyl (C=O) groups excluding carboxylic acids is 1. The molecule has 2 aliphatic carbocycles. The highest BCUT2D eigenvalue weighted by Crippen LogP contribution is 2.34. The Hall–Kier alpha value is -1.92. The molecule has 0 bridgehead atoms. The second kappa shape index (κ2) is 7.54. The fourth-order valence-corrected chi connectivity index (χ4v) is 4.20. The Balaban J connectivity index is 1.53. The molecule has 1 heterocycles. The van der Waals surface area contributed by atoms with E-state index in [0.717, 1.165) is 31.5 Å². The zero-order valence-electron chi connectivity index (χ0n) is 14.8. The van der Waals surface area contributed by atoms with Gasteiger partial charge in [-0.1, -0.05) is 30.8 Å². The minimum atomic E-state index is -0.833. The van der Waals surface area contributed by atoms with E-state index in [1.807, 2.05) is 6.92 Å². The molecule has 2 N–H and O–H groups in total. The molecule has 2 aliphatic rings. The van der Waals surface area contributed by atoms with E-state index >= 15 is 0 Å². The number of amides is 1. The lowest BCUT2D eigenvalue weighted by Crippen LogP contribution is -2.55. The first-order valence-corrected chi connectivity index (χ1v) is 9.34. The molecule has 138 valence electrons. The van der Waals surface area contributed by atoms with E-state index in [1.165, 1.54) is 12.8 Å². The van der Waals surface area contributed by atoms with E-state index in [1.54, 1.807) is 0 Å². The Kier molecular flexibility index (Phi) is 5.39. The Morgan fingerprint density at radius 3 is 2.68 bits per heavy atom. The topological polar surface area (TPSA) is 105 Å². The maximum absolute atomic E-state index is 12.3. The number of nitrogens with one attached hydrogen (secondary N) is 1. The molecule has 2 fully saturated rings. The Bertz CT molecular complexity index is 624. The summed E-state index contributed by atoms with van der Waals surface area (Å²) in [5.74, 6) is 0.127. The standard InChI is InChI=1S/C18H27N3O4/c1-18(11-5-4-8-13(18)17(23)24)20-14(22)9-10-15-19-16(21-25-15)12-6-2-3-7-12/h12-13H,2-11H2,1H3,(H,20,22)(H,23,24). The molecule has 0 saturated heterocycles. The summed E-state index contributed by atoms with van der Waals surface area (Å²) in [4.78, 5) is 28.2. The smallest absolute Gasteiger partial charge is 0.308 e. The third-order valence-electron chi connectivity index (χ3n) is 5.70. The highest BCUT2D eigenvalue weighted by atomic mass is 16.5. The maximum atomic E-state index is 12.3. The number of rotatable bonds is 6. The van der Waals surface area contributed by atoms with Gasteiger partial charge in [0, 0.05) is 18.8 Å². The van der Waals surface area contributed by atoms with Crippen molar-refractivity contribution in [2.24, 2.45) is 5.92 Å². The number of carboxylic acid groups (broad SMARTS) is 1. The number of aromatic nitrogens is 2. The molecule has 2 saturated carbocycles. The number of nitrogens with zero attached hydrogens (tertiary/aromatic N) is 2. The first-order valence-electron chi connectivity index (χ1n) is 9.34. The summed E-state index contributed by atoms with van der Waals surface area (Å²) in [6, 6.07) is 0. The van der Waals surface area contributed by atoms with Gasteiger partial charge < -0.3 is 14.9 Å². The van der Waals surface area contributed by atoms with Crippen molar-refractivity contribution in [2.75, 3.05) is 0 Å². The van der Waals surface area contributed by atoms with Crippen molar-refractivity contribution in [2.45, 2.75) is 82.6 Å². The number of carbonyl (C=O) groups is 2. The molecule has 3 rings (SSSR count). The summed E-state index contributed by atoms with van der Waals surface area (Å²) in [6.45, 7) is 1.84. The van der Waals surface area contributed by atoms with Gasteiger partial charge in [-0.25, -0.2) is 0 Å². The number of carboxylic acids is 1. The van der Waals surface area contributed by atoms with Crippen LogP contribution in [0.1, 0.15) is 82.3 Å². The molecule has 2 atom stereocenters. The second-order valence-corrected chi connectivity index (χ2v) is 7.63. The molecule has 7 heteroatoms. The van der Waals surface area contributed by atoms with Gasteiger partial charge >= 0.3 is 5.97 Å². The highest BCUT2D eigenvalue weighted by Gasteiger charge is 2.42. The molecule has 1 aromatic heterocycles. The van der Waals surface area contributed by atoms with E-state index in [9.17, 15) is 14.7 Å². The number of hydrogen-bond donors (Lipinski definition) is 2. The van der Waals surface area contributed by atoms with Crippen LogP contribution in [0.3, 0.4) is 0 Å². The van der Waals surface area contributed by atoms with Crippen molar-refractivity contribution in [3.05, 3.63) is 11.7 Å². The summed E-state index contributed by atoms with van der Waals surface area (Å²) in [5, 5.41) is 16.4. The van der Waals surface area contributed by atoms with Crippen molar-refractivity contribution in [3.8, 4) is 0 Å². The van der Waals surface area contributed by atoms with E-state index in [0.29, 0.717) is 31.1 Å². The summed E-state index contributed by atoms with van der Waals surface area (Å²) in [7, 11) is 0. The van der Waals surface area contributed by atoms with Gasteiger partial charge in [0.15, 0.2) is 5.82 Å². The van der Waals surface area contributed by atoms with Crippen molar-refractivity contribution < 1.29 is 19.2 Å². The van der Waals surface area contributed by atoms with E-state index in [2.05, 4.69) is 15.5 Å². The van der Waals surface area contributed by atoms with E-state index < -0.39 is 17.4 Å². The largest absolute Gasteiger partial charge is 0.481 e. The van der Waals surface area contributed by atoms with Crippen LogP contribution in [0.15, 0.2) is 4.52 Å². The van der Waals surface area contributed by atoms with Crippen LogP contribution < -0.4 is 5.32 Å². The van der Waals surface area contributed by atoms with Gasteiger partial charge in [-0.3, -0.25) is 9.59 Å².